The van der Waals surface area contributed by atoms with Gasteiger partial charge in [-0.2, -0.15) is 5.10 Å². The molecule has 0 saturated carbocycles. The molecule has 0 aliphatic heterocycles. The number of carbonyl (C=O) groups excluding carboxylic acids is 1. The van der Waals surface area contributed by atoms with Gasteiger partial charge in [0, 0.05) is 11.3 Å². The Morgan fingerprint density at radius 3 is 2.39 bits per heavy atom. The van der Waals surface area contributed by atoms with E-state index in [-0.39, 0.29) is 12.6 Å². The molecule has 0 heterocycles. The molecule has 2 N–H and O–H groups in total. The molecular weight excluding hydrogens is 312 g/mol. The van der Waals surface area contributed by atoms with Gasteiger partial charge in [0.25, 0.3) is 0 Å². The third-order valence-electron chi connectivity index (χ3n) is 2.94. The van der Waals surface area contributed by atoms with Gasteiger partial charge in [-0.25, -0.2) is 4.79 Å². The maximum absolute atomic E-state index is 11.5. The highest BCUT2D eigenvalue weighted by Gasteiger charge is 2.08. The van der Waals surface area contributed by atoms with Crippen LogP contribution in [0.5, 0.6) is 0 Å². The minimum atomic E-state index is -0.375. The van der Waals surface area contributed by atoms with Crippen LogP contribution >= 0.6 is 11.8 Å². The van der Waals surface area contributed by atoms with E-state index in [1.165, 1.54) is 18.9 Å². The maximum atomic E-state index is 11.5. The van der Waals surface area contributed by atoms with E-state index >= 15 is 0 Å². The lowest BCUT2D eigenvalue weighted by molar-refractivity contribution is 0.0600. The summed E-state index contributed by atoms with van der Waals surface area (Å²) in [6.45, 7) is 0.0647. The first-order valence-electron chi connectivity index (χ1n) is 7.05. The van der Waals surface area contributed by atoms with E-state index in [4.69, 9.17) is 5.11 Å². The number of esters is 1. The number of thioether (sulfide) groups is 1. The van der Waals surface area contributed by atoms with Crippen molar-refractivity contribution >= 4 is 28.5 Å². The number of ether oxygens (including phenoxy) is 1. The number of hydrogen-bond donors (Lipinski definition) is 2. The number of anilines is 1. The topological polar surface area (TPSA) is 70.9 Å². The van der Waals surface area contributed by atoms with Crippen molar-refractivity contribution in [3.8, 4) is 0 Å². The first-order chi connectivity index (χ1) is 11.2. The first kappa shape index (κ1) is 17.1. The second-order valence-corrected chi connectivity index (χ2v) is 5.62. The number of hydrazone groups is 1. The molecule has 0 bridgehead atoms. The summed E-state index contributed by atoms with van der Waals surface area (Å²) in [5.74, 6) is 0.161. The van der Waals surface area contributed by atoms with Crippen molar-refractivity contribution in [2.45, 2.75) is 0 Å². The highest BCUT2D eigenvalue weighted by molar-refractivity contribution is 8.14. The van der Waals surface area contributed by atoms with Crippen LogP contribution in [0.3, 0.4) is 0 Å². The Labute approximate surface area is 139 Å². The number of rotatable bonds is 6. The van der Waals surface area contributed by atoms with E-state index in [0.717, 1.165) is 16.3 Å². The van der Waals surface area contributed by atoms with E-state index in [1.54, 1.807) is 12.1 Å². The number of nitrogens with one attached hydrogen (secondary N) is 1. The van der Waals surface area contributed by atoms with Gasteiger partial charge in [-0.3, -0.25) is 5.43 Å². The molecule has 23 heavy (non-hydrogen) atoms. The van der Waals surface area contributed by atoms with Gasteiger partial charge in [0.1, 0.15) is 5.04 Å². The number of benzene rings is 2. The van der Waals surface area contributed by atoms with E-state index in [0.29, 0.717) is 11.3 Å². The molecule has 2 aromatic rings. The molecule has 5 nitrogen and oxygen atoms in total. The van der Waals surface area contributed by atoms with Crippen LogP contribution in [0.1, 0.15) is 15.9 Å². The number of aliphatic hydroxyl groups is 1. The second kappa shape index (κ2) is 8.97. The number of hydrogen-bond acceptors (Lipinski definition) is 6. The van der Waals surface area contributed by atoms with Gasteiger partial charge >= 0.3 is 5.97 Å². The summed E-state index contributed by atoms with van der Waals surface area (Å²) in [4.78, 5) is 11.5. The van der Waals surface area contributed by atoms with Gasteiger partial charge in [0.05, 0.1) is 25.0 Å². The van der Waals surface area contributed by atoms with E-state index < -0.39 is 0 Å². The van der Waals surface area contributed by atoms with Crippen LogP contribution in [0.15, 0.2) is 59.7 Å². The molecule has 0 saturated heterocycles. The molecule has 0 unspecified atom stereocenters. The molecule has 0 amide bonds. The van der Waals surface area contributed by atoms with Crippen LogP contribution in [0.2, 0.25) is 0 Å². The molecule has 2 rings (SSSR count). The summed E-state index contributed by atoms with van der Waals surface area (Å²) in [7, 11) is 1.35. The van der Waals surface area contributed by atoms with Crippen LogP contribution in [0, 0.1) is 0 Å². The van der Waals surface area contributed by atoms with Crippen LogP contribution in [0.4, 0.5) is 5.69 Å². The van der Waals surface area contributed by atoms with Gasteiger partial charge in [-0.05, 0) is 24.3 Å². The Bertz CT molecular complexity index is 657. The Kier molecular flexibility index (Phi) is 6.65. The highest BCUT2D eigenvalue weighted by atomic mass is 32.2. The van der Waals surface area contributed by atoms with Gasteiger partial charge in [0.15, 0.2) is 0 Å². The average Bonchev–Trinajstić information content (AvgIpc) is 2.62. The molecule has 0 aliphatic carbocycles. The number of para-hydroxylation sites is 1. The summed E-state index contributed by atoms with van der Waals surface area (Å²) in [5, 5.41) is 14.2. The number of aliphatic hydroxyl groups excluding tert-OH is 1. The minimum Gasteiger partial charge on any atom is -0.465 e. The molecule has 0 aromatic heterocycles. The summed E-state index contributed by atoms with van der Waals surface area (Å²) in [6, 6.07) is 16.6. The summed E-state index contributed by atoms with van der Waals surface area (Å²) in [5.41, 5.74) is 5.22. The normalized spacial score (nSPS) is 11.1. The van der Waals surface area contributed by atoms with Crippen molar-refractivity contribution in [3.63, 3.8) is 0 Å². The van der Waals surface area contributed by atoms with Crippen molar-refractivity contribution in [2.24, 2.45) is 5.10 Å². The fourth-order valence-electron chi connectivity index (χ4n) is 1.82. The van der Waals surface area contributed by atoms with Gasteiger partial charge in [-0.15, -0.1) is 11.8 Å². The summed E-state index contributed by atoms with van der Waals surface area (Å²) in [6.07, 6.45) is 0. The number of nitrogens with zero attached hydrogens (tertiary/aromatic N) is 1. The molecule has 2 aromatic carbocycles. The summed E-state index contributed by atoms with van der Waals surface area (Å²) >= 11 is 1.44. The Balaban J connectivity index is 2.18. The van der Waals surface area contributed by atoms with Crippen LogP contribution in [-0.4, -0.2) is 35.6 Å². The molecule has 120 valence electrons. The summed E-state index contributed by atoms with van der Waals surface area (Å²) < 4.78 is 4.69. The average molecular weight is 330 g/mol. The van der Waals surface area contributed by atoms with E-state index in [9.17, 15) is 4.79 Å². The largest absolute Gasteiger partial charge is 0.465 e. The zero-order valence-corrected chi connectivity index (χ0v) is 13.5. The Morgan fingerprint density at radius 1 is 1.13 bits per heavy atom. The van der Waals surface area contributed by atoms with Gasteiger partial charge in [-0.1, -0.05) is 30.3 Å². The zero-order chi connectivity index (χ0) is 16.5. The predicted molar refractivity (Wildman–Crippen MR) is 93.9 cm³/mol. The number of carbonyl (C=O) groups is 1. The maximum Gasteiger partial charge on any atom is 0.337 e. The Morgan fingerprint density at radius 2 is 1.78 bits per heavy atom. The van der Waals surface area contributed by atoms with Crippen molar-refractivity contribution in [1.29, 1.82) is 0 Å². The standard InChI is InChI=1S/C17H18N2O3S/c1-22-17(21)14-9-7-13(8-10-14)16(23-12-11-20)19-18-15-5-3-2-4-6-15/h2-10,18,20H,11-12H2,1H3/b19-16-. The molecule has 0 atom stereocenters. The van der Waals surface area contributed by atoms with Crippen molar-refractivity contribution in [2.75, 3.05) is 24.9 Å². The van der Waals surface area contributed by atoms with Crippen molar-refractivity contribution < 1.29 is 14.6 Å². The predicted octanol–water partition coefficient (Wildman–Crippen LogP) is 2.97. The van der Waals surface area contributed by atoms with Crippen molar-refractivity contribution in [1.82, 2.24) is 0 Å². The molecule has 0 spiro atoms. The van der Waals surface area contributed by atoms with E-state index in [1.807, 2.05) is 42.5 Å². The minimum absolute atomic E-state index is 0.0647. The SMILES string of the molecule is COC(=O)c1ccc(/C(=N/Nc2ccccc2)SCCO)cc1. The Hall–Kier alpha value is -2.31. The van der Waals surface area contributed by atoms with Crippen LogP contribution < -0.4 is 5.43 Å². The molecule has 0 aliphatic rings. The second-order valence-electron chi connectivity index (χ2n) is 4.54. The third-order valence-corrected chi connectivity index (χ3v) is 3.93. The quantitative estimate of drug-likeness (QED) is 0.369. The monoisotopic (exact) mass is 330 g/mol. The van der Waals surface area contributed by atoms with Crippen molar-refractivity contribution in [3.05, 3.63) is 65.7 Å². The molecule has 6 heteroatoms. The molecule has 0 radical (unpaired) electrons. The fraction of sp³-hybridized carbons (Fsp3) is 0.176. The smallest absolute Gasteiger partial charge is 0.337 e. The lowest BCUT2D eigenvalue weighted by Crippen LogP contribution is -2.05. The third kappa shape index (κ3) is 5.12. The van der Waals surface area contributed by atoms with Crippen LogP contribution in [-0.2, 0) is 4.74 Å². The zero-order valence-electron chi connectivity index (χ0n) is 12.7. The van der Waals surface area contributed by atoms with Gasteiger partial charge in [0.2, 0.25) is 0 Å². The first-order valence-corrected chi connectivity index (χ1v) is 8.04. The van der Waals surface area contributed by atoms with E-state index in [2.05, 4.69) is 15.3 Å². The number of methoxy groups -OCH3 is 1. The van der Waals surface area contributed by atoms with Crippen LogP contribution in [0.25, 0.3) is 0 Å². The molecule has 0 fully saturated rings. The van der Waals surface area contributed by atoms with Gasteiger partial charge < -0.3 is 9.84 Å². The molecular formula is C17H18N2O3S. The lowest BCUT2D eigenvalue weighted by Gasteiger charge is -2.08. The highest BCUT2D eigenvalue weighted by Crippen LogP contribution is 2.16. The fourth-order valence-corrected chi connectivity index (χ4v) is 2.51. The lowest BCUT2D eigenvalue weighted by atomic mass is 10.1.